The first kappa shape index (κ1) is 12.2. The van der Waals surface area contributed by atoms with Gasteiger partial charge in [0, 0.05) is 19.1 Å². The SMILES string of the molecule is c1ccc(CN2CCC(CC3CCCN3)C2)cc1. The smallest absolute Gasteiger partial charge is 0.0233 e. The molecule has 0 radical (unpaired) electrons. The Morgan fingerprint density at radius 3 is 2.83 bits per heavy atom. The molecule has 3 rings (SSSR count). The lowest BCUT2D eigenvalue weighted by molar-refractivity contribution is 0.306. The summed E-state index contributed by atoms with van der Waals surface area (Å²) in [4.78, 5) is 2.62. The number of hydrogen-bond acceptors (Lipinski definition) is 2. The van der Waals surface area contributed by atoms with Crippen molar-refractivity contribution < 1.29 is 0 Å². The van der Waals surface area contributed by atoms with E-state index in [4.69, 9.17) is 0 Å². The number of nitrogens with zero attached hydrogens (tertiary/aromatic N) is 1. The van der Waals surface area contributed by atoms with E-state index in [9.17, 15) is 0 Å². The van der Waals surface area contributed by atoms with Crippen LogP contribution in [-0.4, -0.2) is 30.6 Å². The Morgan fingerprint density at radius 2 is 2.06 bits per heavy atom. The van der Waals surface area contributed by atoms with Crippen LogP contribution in [0.1, 0.15) is 31.2 Å². The van der Waals surface area contributed by atoms with E-state index in [1.54, 1.807) is 0 Å². The van der Waals surface area contributed by atoms with E-state index in [0.29, 0.717) is 0 Å². The highest BCUT2D eigenvalue weighted by atomic mass is 15.1. The highest BCUT2D eigenvalue weighted by Gasteiger charge is 2.26. The van der Waals surface area contributed by atoms with E-state index in [-0.39, 0.29) is 0 Å². The maximum atomic E-state index is 3.63. The number of nitrogens with one attached hydrogen (secondary N) is 1. The van der Waals surface area contributed by atoms with Gasteiger partial charge in [-0.1, -0.05) is 30.3 Å². The van der Waals surface area contributed by atoms with Crippen LogP contribution in [0.3, 0.4) is 0 Å². The molecular formula is C16H24N2. The molecule has 2 unspecified atom stereocenters. The van der Waals surface area contributed by atoms with Crippen LogP contribution in [0.5, 0.6) is 0 Å². The standard InChI is InChI=1S/C16H24N2/c1-2-5-14(6-3-1)12-18-10-8-15(13-18)11-16-7-4-9-17-16/h1-3,5-6,15-17H,4,7-13H2. The van der Waals surface area contributed by atoms with Crippen molar-refractivity contribution in [2.45, 2.75) is 38.3 Å². The van der Waals surface area contributed by atoms with Gasteiger partial charge >= 0.3 is 0 Å². The van der Waals surface area contributed by atoms with Gasteiger partial charge < -0.3 is 5.32 Å². The van der Waals surface area contributed by atoms with Crippen molar-refractivity contribution in [2.75, 3.05) is 19.6 Å². The van der Waals surface area contributed by atoms with Crippen LogP contribution in [0.15, 0.2) is 30.3 Å². The summed E-state index contributed by atoms with van der Waals surface area (Å²) >= 11 is 0. The Bertz CT molecular complexity index is 357. The summed E-state index contributed by atoms with van der Waals surface area (Å²) in [5.41, 5.74) is 1.46. The topological polar surface area (TPSA) is 15.3 Å². The van der Waals surface area contributed by atoms with E-state index in [2.05, 4.69) is 40.5 Å². The molecule has 0 amide bonds. The van der Waals surface area contributed by atoms with Crippen molar-refractivity contribution in [3.63, 3.8) is 0 Å². The van der Waals surface area contributed by atoms with Crippen LogP contribution < -0.4 is 5.32 Å². The van der Waals surface area contributed by atoms with Crippen molar-refractivity contribution in [3.05, 3.63) is 35.9 Å². The molecule has 0 aliphatic carbocycles. The number of rotatable bonds is 4. The van der Waals surface area contributed by atoms with Crippen LogP contribution in [0, 0.1) is 5.92 Å². The second-order valence-corrected chi connectivity index (χ2v) is 5.90. The highest BCUT2D eigenvalue weighted by Crippen LogP contribution is 2.25. The Morgan fingerprint density at radius 1 is 1.17 bits per heavy atom. The van der Waals surface area contributed by atoms with Gasteiger partial charge in [0.1, 0.15) is 0 Å². The van der Waals surface area contributed by atoms with E-state index >= 15 is 0 Å². The molecule has 98 valence electrons. The first-order valence-electron chi connectivity index (χ1n) is 7.40. The number of likely N-dealkylation sites (tertiary alicyclic amines) is 1. The third-order valence-electron chi connectivity index (χ3n) is 4.40. The Hall–Kier alpha value is -0.860. The fraction of sp³-hybridized carbons (Fsp3) is 0.625. The predicted octanol–water partition coefficient (Wildman–Crippen LogP) is 2.65. The average molecular weight is 244 g/mol. The normalized spacial score (nSPS) is 28.9. The minimum atomic E-state index is 0.812. The van der Waals surface area contributed by atoms with Crippen molar-refractivity contribution in [1.82, 2.24) is 10.2 Å². The average Bonchev–Trinajstić information content (AvgIpc) is 3.03. The van der Waals surface area contributed by atoms with Crippen molar-refractivity contribution in [3.8, 4) is 0 Å². The van der Waals surface area contributed by atoms with Gasteiger partial charge in [-0.05, 0) is 50.3 Å². The summed E-state index contributed by atoms with van der Waals surface area (Å²) in [5.74, 6) is 0.921. The molecule has 1 aromatic carbocycles. The highest BCUT2D eigenvalue weighted by molar-refractivity contribution is 5.14. The Labute approximate surface area is 110 Å². The van der Waals surface area contributed by atoms with Crippen LogP contribution in [0.25, 0.3) is 0 Å². The van der Waals surface area contributed by atoms with Gasteiger partial charge in [0.25, 0.3) is 0 Å². The zero-order chi connectivity index (χ0) is 12.2. The molecular weight excluding hydrogens is 220 g/mol. The number of benzene rings is 1. The zero-order valence-corrected chi connectivity index (χ0v) is 11.1. The van der Waals surface area contributed by atoms with Gasteiger partial charge in [-0.3, -0.25) is 4.90 Å². The summed E-state index contributed by atoms with van der Waals surface area (Å²) in [7, 11) is 0. The summed E-state index contributed by atoms with van der Waals surface area (Å²) in [6, 6.07) is 11.7. The largest absolute Gasteiger partial charge is 0.314 e. The fourth-order valence-corrected chi connectivity index (χ4v) is 3.45. The van der Waals surface area contributed by atoms with Crippen LogP contribution in [0.4, 0.5) is 0 Å². The summed E-state index contributed by atoms with van der Waals surface area (Å²) in [6.45, 7) is 4.96. The molecule has 2 aliphatic rings. The van der Waals surface area contributed by atoms with Gasteiger partial charge in [-0.2, -0.15) is 0 Å². The van der Waals surface area contributed by atoms with Gasteiger partial charge in [0.05, 0.1) is 0 Å². The fourth-order valence-electron chi connectivity index (χ4n) is 3.45. The first-order chi connectivity index (χ1) is 8.90. The number of hydrogen-bond donors (Lipinski definition) is 1. The molecule has 1 N–H and O–H groups in total. The summed E-state index contributed by atoms with van der Waals surface area (Å²) in [5, 5.41) is 3.63. The van der Waals surface area contributed by atoms with Crippen molar-refractivity contribution in [1.29, 1.82) is 0 Å². The minimum absolute atomic E-state index is 0.812. The van der Waals surface area contributed by atoms with E-state index < -0.39 is 0 Å². The monoisotopic (exact) mass is 244 g/mol. The van der Waals surface area contributed by atoms with E-state index in [1.807, 2.05) is 0 Å². The molecule has 18 heavy (non-hydrogen) atoms. The van der Waals surface area contributed by atoms with Crippen LogP contribution in [-0.2, 0) is 6.54 Å². The van der Waals surface area contributed by atoms with E-state index in [0.717, 1.165) is 18.5 Å². The van der Waals surface area contributed by atoms with Gasteiger partial charge in [0.15, 0.2) is 0 Å². The minimum Gasteiger partial charge on any atom is -0.314 e. The summed E-state index contributed by atoms with van der Waals surface area (Å²) in [6.07, 6.45) is 5.57. The molecule has 2 nitrogen and oxygen atoms in total. The Kier molecular flexibility index (Phi) is 3.96. The lowest BCUT2D eigenvalue weighted by Crippen LogP contribution is -2.26. The summed E-state index contributed by atoms with van der Waals surface area (Å²) < 4.78 is 0. The molecule has 2 fully saturated rings. The van der Waals surface area contributed by atoms with E-state index in [1.165, 1.54) is 50.9 Å². The lowest BCUT2D eigenvalue weighted by atomic mass is 9.98. The first-order valence-corrected chi connectivity index (χ1v) is 7.40. The third kappa shape index (κ3) is 3.12. The molecule has 2 saturated heterocycles. The van der Waals surface area contributed by atoms with Gasteiger partial charge in [-0.25, -0.2) is 0 Å². The van der Waals surface area contributed by atoms with Crippen molar-refractivity contribution >= 4 is 0 Å². The van der Waals surface area contributed by atoms with Crippen LogP contribution >= 0.6 is 0 Å². The molecule has 0 aromatic heterocycles. The Balaban J connectivity index is 1.46. The zero-order valence-electron chi connectivity index (χ0n) is 11.1. The lowest BCUT2D eigenvalue weighted by Gasteiger charge is -2.18. The second kappa shape index (κ2) is 5.85. The molecule has 0 saturated carbocycles. The quantitative estimate of drug-likeness (QED) is 0.876. The molecule has 0 bridgehead atoms. The molecule has 0 spiro atoms. The van der Waals surface area contributed by atoms with Crippen LogP contribution in [0.2, 0.25) is 0 Å². The molecule has 1 aromatic rings. The molecule has 2 heteroatoms. The maximum Gasteiger partial charge on any atom is 0.0233 e. The second-order valence-electron chi connectivity index (χ2n) is 5.90. The molecule has 2 atom stereocenters. The maximum absolute atomic E-state index is 3.63. The van der Waals surface area contributed by atoms with Gasteiger partial charge in [-0.15, -0.1) is 0 Å². The third-order valence-corrected chi connectivity index (χ3v) is 4.40. The van der Waals surface area contributed by atoms with Crippen molar-refractivity contribution in [2.24, 2.45) is 5.92 Å². The molecule has 2 aliphatic heterocycles. The predicted molar refractivity (Wildman–Crippen MR) is 75.5 cm³/mol. The molecule has 2 heterocycles. The van der Waals surface area contributed by atoms with Gasteiger partial charge in [0.2, 0.25) is 0 Å².